The second-order valence-electron chi connectivity index (χ2n) is 6.04. The quantitative estimate of drug-likeness (QED) is 0.461. The number of hydrogen-bond acceptors (Lipinski definition) is 5. The predicted molar refractivity (Wildman–Crippen MR) is 96.5 cm³/mol. The summed E-state index contributed by atoms with van der Waals surface area (Å²) in [5.41, 5.74) is 1.86. The zero-order valence-electron chi connectivity index (χ0n) is 14.6. The molecule has 0 spiro atoms. The van der Waals surface area contributed by atoms with E-state index in [0.717, 1.165) is 44.0 Å². The molecule has 0 radical (unpaired) electrons. The summed E-state index contributed by atoms with van der Waals surface area (Å²) in [6.45, 7) is 13.8. The highest BCUT2D eigenvalue weighted by Crippen LogP contribution is 2.27. The Balaban J connectivity index is 2.36. The molecule has 0 aliphatic rings. The standard InChI is InChI=1S/C17H30N2O2S/c1-6-8-19(7-2)10-12-21-11-9-18(5)15-14(13(3)4)16(20)17(15)22/h13H,6-12H2,1-5H3. The summed E-state index contributed by atoms with van der Waals surface area (Å²) >= 11 is 5.18. The van der Waals surface area contributed by atoms with E-state index >= 15 is 0 Å². The van der Waals surface area contributed by atoms with E-state index in [9.17, 15) is 4.79 Å². The van der Waals surface area contributed by atoms with Gasteiger partial charge in [-0.15, -0.1) is 0 Å². The van der Waals surface area contributed by atoms with Gasteiger partial charge < -0.3 is 14.5 Å². The van der Waals surface area contributed by atoms with Crippen molar-refractivity contribution in [1.29, 1.82) is 0 Å². The molecular weight excluding hydrogens is 296 g/mol. The van der Waals surface area contributed by atoms with Crippen molar-refractivity contribution in [1.82, 2.24) is 4.90 Å². The van der Waals surface area contributed by atoms with Gasteiger partial charge in [-0.05, 0) is 25.4 Å². The SMILES string of the molecule is CCCN(CC)CCOCCN(C)c1c(C(C)C)c(=O)c1=S. The highest BCUT2D eigenvalue weighted by molar-refractivity contribution is 7.71. The largest absolute Gasteiger partial charge is 0.378 e. The minimum absolute atomic E-state index is 0.0471. The van der Waals surface area contributed by atoms with E-state index in [1.54, 1.807) is 0 Å². The molecule has 1 aromatic rings. The molecular formula is C17H30N2O2S. The first-order chi connectivity index (χ1) is 10.4. The summed E-state index contributed by atoms with van der Waals surface area (Å²) in [5.74, 6) is 0.227. The normalized spacial score (nSPS) is 11.8. The molecule has 22 heavy (non-hydrogen) atoms. The van der Waals surface area contributed by atoms with Crippen LogP contribution in [0.25, 0.3) is 0 Å². The Hall–Kier alpha value is -0.780. The van der Waals surface area contributed by atoms with Crippen molar-refractivity contribution in [3.05, 3.63) is 20.3 Å². The number of rotatable bonds is 11. The van der Waals surface area contributed by atoms with Crippen LogP contribution in [0.1, 0.15) is 45.6 Å². The molecule has 1 rings (SSSR count). The number of ether oxygens (including phenoxy) is 1. The van der Waals surface area contributed by atoms with Gasteiger partial charge in [-0.25, -0.2) is 0 Å². The maximum Gasteiger partial charge on any atom is 0.204 e. The molecule has 0 bridgehead atoms. The van der Waals surface area contributed by atoms with Gasteiger partial charge in [0.2, 0.25) is 5.43 Å². The summed E-state index contributed by atoms with van der Waals surface area (Å²) in [4.78, 5) is 16.3. The molecule has 1 aromatic carbocycles. The van der Waals surface area contributed by atoms with Crippen LogP contribution in [0, 0.1) is 4.51 Å². The van der Waals surface area contributed by atoms with Crippen LogP contribution in [0.3, 0.4) is 0 Å². The first-order valence-electron chi connectivity index (χ1n) is 8.28. The molecule has 5 heteroatoms. The van der Waals surface area contributed by atoms with Crippen LogP contribution in [-0.2, 0) is 4.74 Å². The third-order valence-electron chi connectivity index (χ3n) is 3.99. The van der Waals surface area contributed by atoms with Crippen LogP contribution in [0.2, 0.25) is 0 Å². The summed E-state index contributed by atoms with van der Waals surface area (Å²) in [6.07, 6.45) is 1.17. The lowest BCUT2D eigenvalue weighted by Gasteiger charge is -2.26. The Morgan fingerprint density at radius 1 is 1.14 bits per heavy atom. The number of hydrogen-bond donors (Lipinski definition) is 0. The molecule has 0 unspecified atom stereocenters. The molecule has 0 saturated heterocycles. The fourth-order valence-electron chi connectivity index (χ4n) is 2.67. The molecule has 0 saturated carbocycles. The highest BCUT2D eigenvalue weighted by atomic mass is 32.1. The second-order valence-corrected chi connectivity index (χ2v) is 6.45. The van der Waals surface area contributed by atoms with Crippen molar-refractivity contribution < 1.29 is 4.74 Å². The van der Waals surface area contributed by atoms with Crippen molar-refractivity contribution >= 4 is 17.9 Å². The Morgan fingerprint density at radius 2 is 1.77 bits per heavy atom. The number of nitrogens with zero attached hydrogens (tertiary/aromatic N) is 2. The average Bonchev–Trinajstić information content (AvgIpc) is 2.49. The van der Waals surface area contributed by atoms with E-state index in [2.05, 4.69) is 23.6 Å². The highest BCUT2D eigenvalue weighted by Gasteiger charge is 2.22. The van der Waals surface area contributed by atoms with Gasteiger partial charge in [0.1, 0.15) is 4.51 Å². The average molecular weight is 327 g/mol. The van der Waals surface area contributed by atoms with Crippen LogP contribution in [0.15, 0.2) is 4.79 Å². The minimum Gasteiger partial charge on any atom is -0.378 e. The fraction of sp³-hybridized carbons (Fsp3) is 0.765. The maximum atomic E-state index is 11.8. The second kappa shape index (κ2) is 9.38. The zero-order chi connectivity index (χ0) is 16.7. The monoisotopic (exact) mass is 326 g/mol. The topological polar surface area (TPSA) is 32.8 Å². The summed E-state index contributed by atoms with van der Waals surface area (Å²) in [7, 11) is 1.98. The third kappa shape index (κ3) is 4.86. The predicted octanol–water partition coefficient (Wildman–Crippen LogP) is 2.96. The Kier molecular flexibility index (Phi) is 8.21. The van der Waals surface area contributed by atoms with E-state index in [1.807, 2.05) is 20.9 Å². The third-order valence-corrected chi connectivity index (χ3v) is 4.37. The zero-order valence-corrected chi connectivity index (χ0v) is 15.5. The maximum absolute atomic E-state index is 11.8. The van der Waals surface area contributed by atoms with Crippen molar-refractivity contribution in [3.63, 3.8) is 0 Å². The van der Waals surface area contributed by atoms with Crippen molar-refractivity contribution in [2.24, 2.45) is 0 Å². The first kappa shape index (κ1) is 19.3. The molecule has 0 aromatic heterocycles. The van der Waals surface area contributed by atoms with Gasteiger partial charge in [-0.1, -0.05) is 39.9 Å². The Morgan fingerprint density at radius 3 is 2.32 bits per heavy atom. The van der Waals surface area contributed by atoms with Crippen LogP contribution >= 0.6 is 12.2 Å². The molecule has 0 aliphatic carbocycles. The molecule has 0 atom stereocenters. The van der Waals surface area contributed by atoms with E-state index in [0.29, 0.717) is 11.1 Å². The smallest absolute Gasteiger partial charge is 0.204 e. The molecule has 0 heterocycles. The Bertz CT molecular complexity index is 521. The molecule has 126 valence electrons. The van der Waals surface area contributed by atoms with Gasteiger partial charge in [0, 0.05) is 25.7 Å². The summed E-state index contributed by atoms with van der Waals surface area (Å²) in [5, 5.41) is 0. The van der Waals surface area contributed by atoms with Crippen molar-refractivity contribution in [3.8, 4) is 0 Å². The van der Waals surface area contributed by atoms with E-state index in [1.165, 1.54) is 6.42 Å². The molecule has 0 amide bonds. The van der Waals surface area contributed by atoms with Crippen LogP contribution in [0.5, 0.6) is 0 Å². The molecule has 4 nitrogen and oxygen atoms in total. The van der Waals surface area contributed by atoms with E-state index < -0.39 is 0 Å². The van der Waals surface area contributed by atoms with Gasteiger partial charge in [0.15, 0.2) is 0 Å². The van der Waals surface area contributed by atoms with Crippen molar-refractivity contribution in [2.45, 2.75) is 40.0 Å². The lowest BCUT2D eigenvalue weighted by atomic mass is 9.96. The number of likely N-dealkylation sites (N-methyl/N-ethyl adjacent to an activating group) is 2. The minimum atomic E-state index is 0.0471. The van der Waals surface area contributed by atoms with Gasteiger partial charge >= 0.3 is 0 Å². The van der Waals surface area contributed by atoms with Gasteiger partial charge in [-0.2, -0.15) is 0 Å². The van der Waals surface area contributed by atoms with E-state index in [-0.39, 0.29) is 11.3 Å². The van der Waals surface area contributed by atoms with Gasteiger partial charge in [-0.3, -0.25) is 4.79 Å². The molecule has 0 N–H and O–H groups in total. The summed E-state index contributed by atoms with van der Waals surface area (Å²) < 4.78 is 6.20. The van der Waals surface area contributed by atoms with Crippen LogP contribution in [0.4, 0.5) is 5.69 Å². The number of anilines is 1. The molecule has 0 fully saturated rings. The Labute approximate surface area is 139 Å². The van der Waals surface area contributed by atoms with Crippen molar-refractivity contribution in [2.75, 3.05) is 51.3 Å². The first-order valence-corrected chi connectivity index (χ1v) is 8.69. The van der Waals surface area contributed by atoms with Crippen LogP contribution in [-0.4, -0.2) is 51.3 Å². The summed E-state index contributed by atoms with van der Waals surface area (Å²) in [6, 6.07) is 0. The lowest BCUT2D eigenvalue weighted by molar-refractivity contribution is 0.110. The lowest BCUT2D eigenvalue weighted by Crippen LogP contribution is -2.33. The van der Waals surface area contributed by atoms with E-state index in [4.69, 9.17) is 17.0 Å². The van der Waals surface area contributed by atoms with Gasteiger partial charge in [0.25, 0.3) is 0 Å². The van der Waals surface area contributed by atoms with Crippen LogP contribution < -0.4 is 10.3 Å². The molecule has 0 aliphatic heterocycles. The fourth-order valence-corrected chi connectivity index (χ4v) is 3.04. The van der Waals surface area contributed by atoms with Gasteiger partial charge in [0.05, 0.1) is 18.9 Å².